The molecule has 1 aliphatic rings. The zero-order valence-corrected chi connectivity index (χ0v) is 12.2. The number of hydrogen-bond acceptors (Lipinski definition) is 3. The Morgan fingerprint density at radius 1 is 1.05 bits per heavy atom. The maximum Gasteiger partial charge on any atom is 0.124 e. The van der Waals surface area contributed by atoms with Crippen molar-refractivity contribution in [3.63, 3.8) is 0 Å². The van der Waals surface area contributed by atoms with Crippen molar-refractivity contribution in [1.29, 1.82) is 0 Å². The second-order valence-corrected chi connectivity index (χ2v) is 5.34. The molecule has 0 spiro atoms. The van der Waals surface area contributed by atoms with Crippen molar-refractivity contribution in [2.75, 3.05) is 14.2 Å². The van der Waals surface area contributed by atoms with Crippen LogP contribution in [-0.4, -0.2) is 14.2 Å². The van der Waals surface area contributed by atoms with Crippen LogP contribution in [0.5, 0.6) is 11.5 Å². The molecule has 2 aromatic rings. The average molecular weight is 287 g/mol. The third kappa shape index (κ3) is 2.16. The van der Waals surface area contributed by atoms with Crippen molar-refractivity contribution in [3.05, 3.63) is 58.9 Å². The van der Waals surface area contributed by atoms with E-state index in [9.17, 15) is 4.39 Å². The van der Waals surface area contributed by atoms with Gasteiger partial charge in [-0.05, 0) is 54.3 Å². The van der Waals surface area contributed by atoms with E-state index in [1.807, 2.05) is 18.2 Å². The lowest BCUT2D eigenvalue weighted by atomic mass is 9.84. The fourth-order valence-electron chi connectivity index (χ4n) is 3.11. The number of benzene rings is 2. The molecule has 0 aromatic heterocycles. The summed E-state index contributed by atoms with van der Waals surface area (Å²) < 4.78 is 24.1. The Hall–Kier alpha value is -2.07. The Kier molecular flexibility index (Phi) is 3.33. The molecule has 3 rings (SSSR count). The van der Waals surface area contributed by atoms with Crippen LogP contribution in [0, 0.1) is 5.82 Å². The molecule has 0 bridgehead atoms. The van der Waals surface area contributed by atoms with E-state index >= 15 is 0 Å². The molecule has 1 aliphatic carbocycles. The summed E-state index contributed by atoms with van der Waals surface area (Å²) in [5, 5.41) is 0. The van der Waals surface area contributed by atoms with Crippen LogP contribution in [0.25, 0.3) is 0 Å². The van der Waals surface area contributed by atoms with Gasteiger partial charge in [-0.15, -0.1) is 0 Å². The number of aryl methyl sites for hydroxylation is 1. The maximum absolute atomic E-state index is 13.4. The number of rotatable bonds is 3. The Balaban J connectivity index is 2.17. The second kappa shape index (κ2) is 5.04. The highest BCUT2D eigenvalue weighted by molar-refractivity contribution is 5.53. The average Bonchev–Trinajstić information content (AvgIpc) is 2.84. The van der Waals surface area contributed by atoms with Crippen LogP contribution in [0.4, 0.5) is 4.39 Å². The van der Waals surface area contributed by atoms with Crippen LogP contribution >= 0.6 is 0 Å². The molecule has 0 amide bonds. The number of fused-ring (bicyclic) bond motifs is 1. The van der Waals surface area contributed by atoms with E-state index in [4.69, 9.17) is 15.2 Å². The van der Waals surface area contributed by atoms with Gasteiger partial charge in [0.15, 0.2) is 0 Å². The summed E-state index contributed by atoms with van der Waals surface area (Å²) >= 11 is 0. The van der Waals surface area contributed by atoms with Gasteiger partial charge in [0.2, 0.25) is 0 Å². The molecule has 4 heteroatoms. The first-order valence-corrected chi connectivity index (χ1v) is 6.89. The van der Waals surface area contributed by atoms with Crippen molar-refractivity contribution in [2.45, 2.75) is 18.4 Å². The lowest BCUT2D eigenvalue weighted by molar-refractivity contribution is 0.384. The van der Waals surface area contributed by atoms with Crippen LogP contribution in [0.2, 0.25) is 0 Å². The largest absolute Gasteiger partial charge is 0.497 e. The van der Waals surface area contributed by atoms with Crippen LogP contribution < -0.4 is 15.2 Å². The fraction of sp³-hybridized carbons (Fsp3) is 0.294. The zero-order chi connectivity index (χ0) is 15.0. The minimum atomic E-state index is -0.678. The summed E-state index contributed by atoms with van der Waals surface area (Å²) in [7, 11) is 3.24. The van der Waals surface area contributed by atoms with E-state index in [0.717, 1.165) is 41.0 Å². The summed E-state index contributed by atoms with van der Waals surface area (Å²) in [5.74, 6) is 1.22. The molecule has 0 radical (unpaired) electrons. The molecule has 0 saturated heterocycles. The van der Waals surface area contributed by atoms with Crippen molar-refractivity contribution in [2.24, 2.45) is 5.73 Å². The summed E-state index contributed by atoms with van der Waals surface area (Å²) in [6, 6.07) is 10.4. The molecule has 3 nitrogen and oxygen atoms in total. The van der Waals surface area contributed by atoms with Crippen molar-refractivity contribution < 1.29 is 13.9 Å². The maximum atomic E-state index is 13.4. The lowest BCUT2D eigenvalue weighted by Gasteiger charge is -2.28. The minimum Gasteiger partial charge on any atom is -0.497 e. The van der Waals surface area contributed by atoms with E-state index in [-0.39, 0.29) is 5.82 Å². The van der Waals surface area contributed by atoms with Crippen LogP contribution in [-0.2, 0) is 12.0 Å². The molecule has 0 heterocycles. The molecule has 2 aromatic carbocycles. The quantitative estimate of drug-likeness (QED) is 0.944. The molecule has 0 aliphatic heterocycles. The summed E-state index contributed by atoms with van der Waals surface area (Å²) in [6.45, 7) is 0. The first kappa shape index (κ1) is 13.9. The van der Waals surface area contributed by atoms with E-state index in [2.05, 4.69) is 0 Å². The third-order valence-corrected chi connectivity index (χ3v) is 4.22. The Labute approximate surface area is 123 Å². The van der Waals surface area contributed by atoms with Crippen LogP contribution in [0.3, 0.4) is 0 Å². The molecule has 110 valence electrons. The van der Waals surface area contributed by atoms with E-state index in [0.29, 0.717) is 0 Å². The Morgan fingerprint density at radius 3 is 2.57 bits per heavy atom. The molecule has 1 atom stereocenters. The summed E-state index contributed by atoms with van der Waals surface area (Å²) in [4.78, 5) is 0. The van der Waals surface area contributed by atoms with Gasteiger partial charge in [-0.3, -0.25) is 0 Å². The first-order valence-electron chi connectivity index (χ1n) is 6.89. The zero-order valence-electron chi connectivity index (χ0n) is 12.2. The molecular weight excluding hydrogens is 269 g/mol. The highest BCUT2D eigenvalue weighted by Gasteiger charge is 2.39. The van der Waals surface area contributed by atoms with E-state index < -0.39 is 5.54 Å². The molecular formula is C17H18FNO2. The number of halogens is 1. The van der Waals surface area contributed by atoms with Crippen molar-refractivity contribution in [3.8, 4) is 11.5 Å². The Morgan fingerprint density at radius 2 is 1.86 bits per heavy atom. The highest BCUT2D eigenvalue weighted by Crippen LogP contribution is 2.44. The Bertz CT molecular complexity index is 686. The smallest absolute Gasteiger partial charge is 0.124 e. The van der Waals surface area contributed by atoms with E-state index in [1.54, 1.807) is 26.4 Å². The second-order valence-electron chi connectivity index (χ2n) is 5.34. The minimum absolute atomic E-state index is 0.226. The van der Waals surface area contributed by atoms with Gasteiger partial charge in [0.1, 0.15) is 17.3 Å². The molecule has 21 heavy (non-hydrogen) atoms. The van der Waals surface area contributed by atoms with Gasteiger partial charge < -0.3 is 15.2 Å². The van der Waals surface area contributed by atoms with E-state index in [1.165, 1.54) is 6.07 Å². The van der Waals surface area contributed by atoms with Gasteiger partial charge in [0.05, 0.1) is 19.8 Å². The standard InChI is InChI=1S/C17H18FNO2/c1-20-13-4-6-16(21-2)15(10-13)17(19)8-7-11-9-12(18)3-5-14(11)17/h3-6,9-10H,7-8,19H2,1-2H3. The number of methoxy groups -OCH3 is 2. The monoisotopic (exact) mass is 287 g/mol. The first-order chi connectivity index (χ1) is 10.1. The normalized spacial score (nSPS) is 20.2. The number of ether oxygens (including phenoxy) is 2. The predicted molar refractivity (Wildman–Crippen MR) is 79.2 cm³/mol. The number of hydrogen-bond donors (Lipinski definition) is 1. The van der Waals surface area contributed by atoms with Crippen LogP contribution in [0.15, 0.2) is 36.4 Å². The highest BCUT2D eigenvalue weighted by atomic mass is 19.1. The summed E-state index contributed by atoms with van der Waals surface area (Å²) in [5.41, 5.74) is 8.79. The topological polar surface area (TPSA) is 44.5 Å². The van der Waals surface area contributed by atoms with Crippen LogP contribution in [0.1, 0.15) is 23.1 Å². The van der Waals surface area contributed by atoms with Gasteiger partial charge in [-0.25, -0.2) is 4.39 Å². The molecule has 2 N–H and O–H groups in total. The lowest BCUT2D eigenvalue weighted by Crippen LogP contribution is -2.35. The van der Waals surface area contributed by atoms with Crippen molar-refractivity contribution >= 4 is 0 Å². The van der Waals surface area contributed by atoms with Gasteiger partial charge in [0.25, 0.3) is 0 Å². The van der Waals surface area contributed by atoms with Gasteiger partial charge in [-0.1, -0.05) is 6.07 Å². The SMILES string of the molecule is COc1ccc(OC)c(C2(N)CCc3cc(F)ccc32)c1. The van der Waals surface area contributed by atoms with Gasteiger partial charge >= 0.3 is 0 Å². The molecule has 0 saturated carbocycles. The van der Waals surface area contributed by atoms with Crippen molar-refractivity contribution in [1.82, 2.24) is 0 Å². The molecule has 0 fully saturated rings. The number of nitrogens with two attached hydrogens (primary N) is 1. The fourth-order valence-corrected chi connectivity index (χ4v) is 3.11. The molecule has 1 unspecified atom stereocenters. The van der Waals surface area contributed by atoms with Gasteiger partial charge in [-0.2, -0.15) is 0 Å². The third-order valence-electron chi connectivity index (χ3n) is 4.22. The summed E-state index contributed by atoms with van der Waals surface area (Å²) in [6.07, 6.45) is 1.47. The van der Waals surface area contributed by atoms with Gasteiger partial charge in [0, 0.05) is 5.56 Å². The predicted octanol–water partition coefficient (Wildman–Crippen LogP) is 2.99.